The van der Waals surface area contributed by atoms with E-state index in [2.05, 4.69) is 21.2 Å². The number of ether oxygens (including phenoxy) is 1. The lowest BCUT2D eigenvalue weighted by Crippen LogP contribution is -2.51. The fourth-order valence-electron chi connectivity index (χ4n) is 3.93. The van der Waals surface area contributed by atoms with E-state index < -0.39 is 28.5 Å². The van der Waals surface area contributed by atoms with Crippen molar-refractivity contribution in [1.29, 1.82) is 0 Å². The first kappa shape index (κ1) is 31.2. The molecule has 3 aromatic rings. The van der Waals surface area contributed by atoms with Gasteiger partial charge in [-0.1, -0.05) is 72.2 Å². The second-order valence-corrected chi connectivity index (χ2v) is 12.8. The van der Waals surface area contributed by atoms with Crippen LogP contribution in [0.1, 0.15) is 31.9 Å². The third-order valence-electron chi connectivity index (χ3n) is 6.15. The molecular formula is C30H36BrN3O5S. The highest BCUT2D eigenvalue weighted by Gasteiger charge is 2.30. The Bertz CT molecular complexity index is 1380. The molecule has 1 atom stereocenters. The van der Waals surface area contributed by atoms with Crippen LogP contribution in [-0.4, -0.2) is 50.5 Å². The van der Waals surface area contributed by atoms with Crippen molar-refractivity contribution in [1.82, 2.24) is 10.2 Å². The number of rotatable bonds is 13. The lowest BCUT2D eigenvalue weighted by Gasteiger charge is -2.31. The zero-order valence-electron chi connectivity index (χ0n) is 23.2. The summed E-state index contributed by atoms with van der Waals surface area (Å²) in [5.41, 5.74) is 2.13. The molecule has 0 fully saturated rings. The average Bonchev–Trinajstić information content (AvgIpc) is 2.92. The fraction of sp³-hybridized carbons (Fsp3) is 0.333. The molecule has 0 aliphatic heterocycles. The van der Waals surface area contributed by atoms with Crippen LogP contribution in [-0.2, 0) is 32.8 Å². The van der Waals surface area contributed by atoms with Crippen molar-refractivity contribution in [2.24, 2.45) is 5.92 Å². The Hall–Kier alpha value is -3.37. The van der Waals surface area contributed by atoms with Crippen LogP contribution in [0.2, 0.25) is 0 Å². The summed E-state index contributed by atoms with van der Waals surface area (Å²) in [7, 11) is -3.82. The second kappa shape index (κ2) is 14.3. The largest absolute Gasteiger partial charge is 0.489 e. The molecule has 0 aliphatic carbocycles. The van der Waals surface area contributed by atoms with Gasteiger partial charge in [0.2, 0.25) is 21.8 Å². The molecule has 0 saturated carbocycles. The summed E-state index contributed by atoms with van der Waals surface area (Å²) in [5, 5.41) is 2.87. The van der Waals surface area contributed by atoms with Crippen molar-refractivity contribution < 1.29 is 22.7 Å². The quantitative estimate of drug-likeness (QED) is 0.288. The Morgan fingerprint density at radius 2 is 1.57 bits per heavy atom. The number of anilines is 1. The van der Waals surface area contributed by atoms with E-state index in [4.69, 9.17) is 4.74 Å². The summed E-state index contributed by atoms with van der Waals surface area (Å²) in [5.74, 6) is 0.00901. The molecule has 0 aromatic heterocycles. The number of nitrogens with zero attached hydrogens (tertiary/aromatic N) is 2. The third-order valence-corrected chi connectivity index (χ3v) is 7.78. The molecule has 2 amide bonds. The maximum Gasteiger partial charge on any atom is 0.244 e. The number of carbonyl (C=O) groups is 2. The van der Waals surface area contributed by atoms with E-state index >= 15 is 0 Å². The van der Waals surface area contributed by atoms with Crippen molar-refractivity contribution >= 4 is 43.5 Å². The summed E-state index contributed by atoms with van der Waals surface area (Å²) in [6.45, 7) is 6.13. The van der Waals surface area contributed by atoms with E-state index in [1.165, 1.54) is 4.90 Å². The number of amides is 2. The summed E-state index contributed by atoms with van der Waals surface area (Å²) in [6.07, 6.45) is 1.05. The smallest absolute Gasteiger partial charge is 0.244 e. The summed E-state index contributed by atoms with van der Waals surface area (Å²) >= 11 is 3.44. The molecule has 3 rings (SSSR count). The van der Waals surface area contributed by atoms with Crippen LogP contribution in [0.4, 0.5) is 5.69 Å². The van der Waals surface area contributed by atoms with Crippen LogP contribution in [0.25, 0.3) is 0 Å². The van der Waals surface area contributed by atoms with E-state index in [0.29, 0.717) is 24.6 Å². The van der Waals surface area contributed by atoms with Gasteiger partial charge in [0.1, 0.15) is 24.9 Å². The van der Waals surface area contributed by atoms with Crippen molar-refractivity contribution in [2.45, 2.75) is 40.0 Å². The second-order valence-electron chi connectivity index (χ2n) is 10.0. The van der Waals surface area contributed by atoms with E-state index in [1.54, 1.807) is 31.2 Å². The maximum absolute atomic E-state index is 13.7. The Morgan fingerprint density at radius 3 is 2.17 bits per heavy atom. The lowest BCUT2D eigenvalue weighted by atomic mass is 10.1. The molecule has 0 unspecified atom stereocenters. The van der Waals surface area contributed by atoms with Crippen LogP contribution in [0, 0.1) is 5.92 Å². The van der Waals surface area contributed by atoms with Gasteiger partial charge in [-0.15, -0.1) is 0 Å². The molecule has 0 spiro atoms. The van der Waals surface area contributed by atoms with Crippen molar-refractivity contribution in [3.8, 4) is 5.75 Å². The minimum atomic E-state index is -3.82. The van der Waals surface area contributed by atoms with Gasteiger partial charge >= 0.3 is 0 Å². The van der Waals surface area contributed by atoms with Gasteiger partial charge in [-0.05, 0) is 60.4 Å². The highest BCUT2D eigenvalue weighted by Crippen LogP contribution is 2.23. The highest BCUT2D eigenvalue weighted by atomic mass is 79.9. The first-order valence-corrected chi connectivity index (χ1v) is 15.6. The van der Waals surface area contributed by atoms with Crippen LogP contribution in [0.5, 0.6) is 5.75 Å². The maximum atomic E-state index is 13.7. The third kappa shape index (κ3) is 9.38. The SMILES string of the molecule is CC(C)CNC(=O)[C@H](C)N(Cc1cccc(Br)c1)C(=O)CN(c1ccc(OCc2ccccc2)cc1)S(C)(=O)=O. The van der Waals surface area contributed by atoms with E-state index in [1.807, 2.05) is 68.4 Å². The zero-order valence-corrected chi connectivity index (χ0v) is 25.6. The summed E-state index contributed by atoms with van der Waals surface area (Å²) in [6, 6.07) is 22.8. The van der Waals surface area contributed by atoms with Crippen LogP contribution < -0.4 is 14.4 Å². The van der Waals surface area contributed by atoms with Crippen molar-refractivity contribution in [3.05, 3.63) is 94.5 Å². The normalized spacial score (nSPS) is 12.1. The lowest BCUT2D eigenvalue weighted by molar-refractivity contribution is -0.139. The Morgan fingerprint density at radius 1 is 0.925 bits per heavy atom. The van der Waals surface area contributed by atoms with Crippen molar-refractivity contribution in [2.75, 3.05) is 23.7 Å². The predicted octanol–water partition coefficient (Wildman–Crippen LogP) is 4.98. The highest BCUT2D eigenvalue weighted by molar-refractivity contribution is 9.10. The van der Waals surface area contributed by atoms with Gasteiger partial charge in [-0.25, -0.2) is 8.42 Å². The molecule has 0 saturated heterocycles. The van der Waals surface area contributed by atoms with Gasteiger partial charge in [0, 0.05) is 17.6 Å². The van der Waals surface area contributed by atoms with E-state index in [0.717, 1.165) is 26.2 Å². The molecule has 0 heterocycles. The van der Waals surface area contributed by atoms with E-state index in [9.17, 15) is 18.0 Å². The first-order chi connectivity index (χ1) is 18.9. The summed E-state index contributed by atoms with van der Waals surface area (Å²) in [4.78, 5) is 28.0. The number of nitrogens with one attached hydrogen (secondary N) is 1. The Labute approximate surface area is 245 Å². The van der Waals surface area contributed by atoms with Gasteiger partial charge in [0.05, 0.1) is 11.9 Å². The van der Waals surface area contributed by atoms with Gasteiger partial charge in [0.25, 0.3) is 0 Å². The Kier molecular flexibility index (Phi) is 11.2. The molecule has 40 heavy (non-hydrogen) atoms. The Balaban J connectivity index is 1.81. The monoisotopic (exact) mass is 629 g/mol. The average molecular weight is 631 g/mol. The number of carbonyl (C=O) groups excluding carboxylic acids is 2. The molecule has 8 nitrogen and oxygen atoms in total. The number of halogens is 1. The van der Waals surface area contributed by atoms with Gasteiger partial charge in [0.15, 0.2) is 0 Å². The molecule has 1 N–H and O–H groups in total. The number of sulfonamides is 1. The molecule has 0 aliphatic rings. The first-order valence-electron chi connectivity index (χ1n) is 13.0. The topological polar surface area (TPSA) is 96.0 Å². The molecule has 214 valence electrons. The number of benzene rings is 3. The zero-order chi connectivity index (χ0) is 29.3. The minimum absolute atomic E-state index is 0.137. The van der Waals surface area contributed by atoms with Gasteiger partial charge in [-0.3, -0.25) is 13.9 Å². The fourth-order valence-corrected chi connectivity index (χ4v) is 5.23. The van der Waals surface area contributed by atoms with Crippen molar-refractivity contribution in [3.63, 3.8) is 0 Å². The van der Waals surface area contributed by atoms with E-state index in [-0.39, 0.29) is 18.4 Å². The summed E-state index contributed by atoms with van der Waals surface area (Å²) < 4.78 is 33.3. The molecule has 10 heteroatoms. The minimum Gasteiger partial charge on any atom is -0.489 e. The van der Waals surface area contributed by atoms with Crippen LogP contribution in [0.3, 0.4) is 0 Å². The van der Waals surface area contributed by atoms with Crippen LogP contribution >= 0.6 is 15.9 Å². The molecular weight excluding hydrogens is 594 g/mol. The number of hydrogen-bond acceptors (Lipinski definition) is 5. The standard InChI is InChI=1S/C30H36BrN3O5S/c1-22(2)18-32-30(36)23(3)33(19-25-11-8-12-26(31)17-25)29(35)20-34(40(4,37)38)27-13-15-28(16-14-27)39-21-24-9-6-5-7-10-24/h5-17,22-23H,18-21H2,1-4H3,(H,32,36)/t23-/m0/s1. The number of hydrogen-bond donors (Lipinski definition) is 1. The predicted molar refractivity (Wildman–Crippen MR) is 161 cm³/mol. The van der Waals surface area contributed by atoms with Gasteiger partial charge < -0.3 is 15.0 Å². The molecule has 0 bridgehead atoms. The molecule has 0 radical (unpaired) electrons. The molecule has 3 aromatic carbocycles. The van der Waals surface area contributed by atoms with Crippen LogP contribution in [0.15, 0.2) is 83.3 Å². The van der Waals surface area contributed by atoms with Gasteiger partial charge in [-0.2, -0.15) is 0 Å².